The Balaban J connectivity index is 0.00000289. The van der Waals surface area contributed by atoms with E-state index in [0.29, 0.717) is 5.96 Å². The second-order valence-electron chi connectivity index (χ2n) is 4.03. The molecule has 0 aliphatic carbocycles. The van der Waals surface area contributed by atoms with Gasteiger partial charge in [-0.25, -0.2) is 4.98 Å². The normalized spacial score (nSPS) is 11.1. The molecule has 0 atom stereocenters. The summed E-state index contributed by atoms with van der Waals surface area (Å²) in [5, 5.41) is 6.37. The van der Waals surface area contributed by atoms with Crippen LogP contribution in [-0.4, -0.2) is 24.0 Å². The molecule has 0 unspecified atom stereocenters. The molecule has 0 aliphatic rings. The number of nitrogens with one attached hydrogen (secondary N) is 1. The monoisotopic (exact) mass is 382 g/mol. The molecule has 104 valence electrons. The average molecular weight is 382 g/mol. The van der Waals surface area contributed by atoms with E-state index in [9.17, 15) is 0 Å². The molecule has 0 fully saturated rings. The standard InChI is InChI=1S/C12H22N4S.HI/c1-3-4-7-14-12(13)15-8-5-6-11-16-10(2)9-17-11;/h9H,3-8H2,1-2H3,(H3,13,14,15);1H. The Morgan fingerprint density at radius 1 is 1.50 bits per heavy atom. The summed E-state index contributed by atoms with van der Waals surface area (Å²) in [6.45, 7) is 5.86. The topological polar surface area (TPSA) is 63.3 Å². The Hall–Kier alpha value is -0.370. The predicted molar refractivity (Wildman–Crippen MR) is 90.0 cm³/mol. The molecular weight excluding hydrogens is 359 g/mol. The van der Waals surface area contributed by atoms with Gasteiger partial charge in [0.1, 0.15) is 0 Å². The summed E-state index contributed by atoms with van der Waals surface area (Å²) in [4.78, 5) is 8.69. The van der Waals surface area contributed by atoms with Crippen molar-refractivity contribution in [3.8, 4) is 0 Å². The van der Waals surface area contributed by atoms with Crippen LogP contribution in [0.25, 0.3) is 0 Å². The Labute approximate surface area is 131 Å². The first-order valence-electron chi connectivity index (χ1n) is 6.17. The number of halogens is 1. The molecular formula is C12H23IN4S. The maximum absolute atomic E-state index is 5.72. The summed E-state index contributed by atoms with van der Waals surface area (Å²) < 4.78 is 0. The maximum Gasteiger partial charge on any atom is 0.188 e. The zero-order valence-electron chi connectivity index (χ0n) is 11.1. The lowest BCUT2D eigenvalue weighted by Gasteiger charge is -2.03. The van der Waals surface area contributed by atoms with E-state index >= 15 is 0 Å². The Bertz CT molecular complexity index is 352. The summed E-state index contributed by atoms with van der Waals surface area (Å²) in [5.41, 5.74) is 6.83. The van der Waals surface area contributed by atoms with E-state index in [-0.39, 0.29) is 24.0 Å². The highest BCUT2D eigenvalue weighted by Crippen LogP contribution is 2.10. The summed E-state index contributed by atoms with van der Waals surface area (Å²) in [5.74, 6) is 0.564. The van der Waals surface area contributed by atoms with Gasteiger partial charge in [-0.05, 0) is 19.8 Å². The summed E-state index contributed by atoms with van der Waals surface area (Å²) >= 11 is 1.72. The highest BCUT2D eigenvalue weighted by Gasteiger charge is 1.98. The number of nitrogens with two attached hydrogens (primary N) is 1. The molecule has 1 aromatic heterocycles. The molecule has 4 nitrogen and oxygen atoms in total. The van der Waals surface area contributed by atoms with Gasteiger partial charge in [0.25, 0.3) is 0 Å². The minimum absolute atomic E-state index is 0. The van der Waals surface area contributed by atoms with E-state index in [1.807, 2.05) is 6.92 Å². The van der Waals surface area contributed by atoms with Crippen LogP contribution >= 0.6 is 35.3 Å². The summed E-state index contributed by atoms with van der Waals surface area (Å²) in [7, 11) is 0. The molecule has 1 rings (SSSR count). The van der Waals surface area contributed by atoms with E-state index in [4.69, 9.17) is 5.73 Å². The smallest absolute Gasteiger partial charge is 0.188 e. The fourth-order valence-electron chi connectivity index (χ4n) is 1.40. The van der Waals surface area contributed by atoms with E-state index in [1.165, 1.54) is 11.4 Å². The lowest BCUT2D eigenvalue weighted by atomic mass is 10.3. The van der Waals surface area contributed by atoms with Crippen LogP contribution in [0.1, 0.15) is 36.9 Å². The average Bonchev–Trinajstić information content (AvgIpc) is 2.71. The second kappa shape index (κ2) is 10.5. The molecule has 0 aliphatic heterocycles. The van der Waals surface area contributed by atoms with Gasteiger partial charge in [0.15, 0.2) is 5.96 Å². The van der Waals surface area contributed by atoms with Crippen molar-refractivity contribution in [2.75, 3.05) is 13.1 Å². The van der Waals surface area contributed by atoms with Crippen molar-refractivity contribution >= 4 is 41.3 Å². The third-order valence-electron chi connectivity index (χ3n) is 2.33. The number of guanidine groups is 1. The van der Waals surface area contributed by atoms with E-state index in [1.54, 1.807) is 11.3 Å². The Morgan fingerprint density at radius 3 is 2.89 bits per heavy atom. The van der Waals surface area contributed by atoms with Gasteiger partial charge in [-0.3, -0.25) is 4.99 Å². The van der Waals surface area contributed by atoms with Gasteiger partial charge in [0, 0.05) is 30.6 Å². The van der Waals surface area contributed by atoms with Crippen LogP contribution in [0.15, 0.2) is 10.4 Å². The number of aromatic nitrogens is 1. The van der Waals surface area contributed by atoms with Gasteiger partial charge in [0.2, 0.25) is 0 Å². The molecule has 0 bridgehead atoms. The number of thiazole rings is 1. The van der Waals surface area contributed by atoms with Gasteiger partial charge in [-0.2, -0.15) is 0 Å². The van der Waals surface area contributed by atoms with Gasteiger partial charge in [0.05, 0.1) is 5.01 Å². The predicted octanol–water partition coefficient (Wildman–Crippen LogP) is 2.71. The van der Waals surface area contributed by atoms with Crippen LogP contribution in [0.3, 0.4) is 0 Å². The fourth-order valence-corrected chi connectivity index (χ4v) is 2.21. The molecule has 0 aromatic carbocycles. The highest BCUT2D eigenvalue weighted by atomic mass is 127. The van der Waals surface area contributed by atoms with E-state index in [0.717, 1.165) is 38.0 Å². The van der Waals surface area contributed by atoms with Gasteiger partial charge < -0.3 is 11.1 Å². The van der Waals surface area contributed by atoms with Crippen LogP contribution in [0.5, 0.6) is 0 Å². The van der Waals surface area contributed by atoms with Crippen molar-refractivity contribution in [3.05, 3.63) is 16.1 Å². The molecule has 0 amide bonds. The van der Waals surface area contributed by atoms with Crippen molar-refractivity contribution in [2.24, 2.45) is 10.7 Å². The molecule has 3 N–H and O–H groups in total. The van der Waals surface area contributed by atoms with Gasteiger partial charge in [-0.1, -0.05) is 13.3 Å². The van der Waals surface area contributed by atoms with Crippen LogP contribution in [0, 0.1) is 6.92 Å². The molecule has 0 radical (unpaired) electrons. The highest BCUT2D eigenvalue weighted by molar-refractivity contribution is 14.0. The first-order chi connectivity index (χ1) is 8.22. The Kier molecular flexibility index (Phi) is 10.3. The first kappa shape index (κ1) is 17.6. The maximum atomic E-state index is 5.72. The molecule has 1 aromatic rings. The molecule has 0 saturated heterocycles. The fraction of sp³-hybridized carbons (Fsp3) is 0.667. The lowest BCUT2D eigenvalue weighted by Crippen LogP contribution is -2.32. The summed E-state index contributed by atoms with van der Waals surface area (Å²) in [6, 6.07) is 0. The molecule has 6 heteroatoms. The number of aryl methyl sites for hydroxylation is 2. The number of unbranched alkanes of at least 4 members (excludes halogenated alkanes) is 1. The third kappa shape index (κ3) is 7.86. The molecule has 0 spiro atoms. The van der Waals surface area contributed by atoms with Gasteiger partial charge in [-0.15, -0.1) is 35.3 Å². The minimum atomic E-state index is 0. The largest absolute Gasteiger partial charge is 0.370 e. The van der Waals surface area contributed by atoms with Crippen molar-refractivity contribution < 1.29 is 0 Å². The second-order valence-corrected chi connectivity index (χ2v) is 4.98. The number of aliphatic imine (C=N–C) groups is 1. The van der Waals surface area contributed by atoms with E-state index in [2.05, 4.69) is 27.6 Å². The minimum Gasteiger partial charge on any atom is -0.370 e. The zero-order chi connectivity index (χ0) is 12.5. The quantitative estimate of drug-likeness (QED) is 0.330. The van der Waals surface area contributed by atoms with Gasteiger partial charge >= 0.3 is 0 Å². The summed E-state index contributed by atoms with van der Waals surface area (Å²) in [6.07, 6.45) is 4.30. The van der Waals surface area contributed by atoms with Crippen LogP contribution in [-0.2, 0) is 6.42 Å². The number of nitrogens with zero attached hydrogens (tertiary/aromatic N) is 2. The van der Waals surface area contributed by atoms with Crippen molar-refractivity contribution in [1.82, 2.24) is 10.3 Å². The number of hydrogen-bond donors (Lipinski definition) is 2. The van der Waals surface area contributed by atoms with Crippen LogP contribution in [0.4, 0.5) is 0 Å². The Morgan fingerprint density at radius 2 is 2.28 bits per heavy atom. The molecule has 0 saturated carbocycles. The lowest BCUT2D eigenvalue weighted by molar-refractivity contribution is 0.743. The van der Waals surface area contributed by atoms with E-state index < -0.39 is 0 Å². The van der Waals surface area contributed by atoms with Crippen molar-refractivity contribution in [3.63, 3.8) is 0 Å². The zero-order valence-corrected chi connectivity index (χ0v) is 14.3. The third-order valence-corrected chi connectivity index (χ3v) is 3.36. The van der Waals surface area contributed by atoms with Crippen molar-refractivity contribution in [2.45, 2.75) is 39.5 Å². The SMILES string of the molecule is CCCCNC(N)=NCCCc1nc(C)cs1.I. The van der Waals surface area contributed by atoms with Crippen LogP contribution < -0.4 is 11.1 Å². The molecule has 1 heterocycles. The first-order valence-corrected chi connectivity index (χ1v) is 7.05. The number of hydrogen-bond acceptors (Lipinski definition) is 3. The van der Waals surface area contributed by atoms with Crippen molar-refractivity contribution in [1.29, 1.82) is 0 Å². The number of rotatable bonds is 7. The van der Waals surface area contributed by atoms with Crippen LogP contribution in [0.2, 0.25) is 0 Å². The molecule has 18 heavy (non-hydrogen) atoms.